The van der Waals surface area contributed by atoms with Crippen LogP contribution in [0.3, 0.4) is 0 Å². The number of hydrogen-bond acceptors (Lipinski definition) is 7. The minimum atomic E-state index is -0.760. The zero-order valence-electron chi connectivity index (χ0n) is 29.1. The van der Waals surface area contributed by atoms with Gasteiger partial charge >= 0.3 is 5.97 Å². The topological polar surface area (TPSA) is 95.1 Å². The molecule has 2 aromatic heterocycles. The second-order valence-electron chi connectivity index (χ2n) is 12.1. The van der Waals surface area contributed by atoms with E-state index in [0.717, 1.165) is 44.5 Å². The number of allylic oxidation sites excluding steroid dienone is 1. The van der Waals surface area contributed by atoms with Gasteiger partial charge in [0.25, 0.3) is 11.5 Å². The van der Waals surface area contributed by atoms with Crippen LogP contribution in [0.25, 0.3) is 22.5 Å². The fourth-order valence-corrected chi connectivity index (χ4v) is 7.96. The number of thiazole rings is 1. The number of rotatable bonds is 8. The minimum Gasteiger partial charge on any atom is -0.496 e. The monoisotopic (exact) mass is 676 g/mol. The zero-order valence-corrected chi connectivity index (χ0v) is 29.9. The standard InChI is InChI=1S/C39H40N4O5S/c1-9-41(10-2)37(45)33-24(5)40-39-43(35(33)34-29-15-12-11-14-26(29)18-19-31(34)47-7)36(44)32(49-39)21-27-20-22(3)42(25(27)6)30-17-13-16-28(23(30)4)38(46)48-8/h11-21,35H,9-10H2,1-8H3/b32-21-/t35-/m0/s1. The molecule has 10 heteroatoms. The molecular weight excluding hydrogens is 637 g/mol. The van der Waals surface area contributed by atoms with Crippen LogP contribution in [0.15, 0.2) is 81.7 Å². The molecule has 3 heterocycles. The van der Waals surface area contributed by atoms with Crippen molar-refractivity contribution in [3.63, 3.8) is 0 Å². The molecule has 3 aromatic carbocycles. The van der Waals surface area contributed by atoms with Crippen molar-refractivity contribution in [3.8, 4) is 11.4 Å². The molecule has 49 heavy (non-hydrogen) atoms. The smallest absolute Gasteiger partial charge is 0.338 e. The van der Waals surface area contributed by atoms with Crippen LogP contribution >= 0.6 is 11.3 Å². The molecule has 9 nitrogen and oxygen atoms in total. The summed E-state index contributed by atoms with van der Waals surface area (Å²) < 4.78 is 15.2. The van der Waals surface area contributed by atoms with E-state index in [4.69, 9.17) is 14.5 Å². The number of amides is 1. The van der Waals surface area contributed by atoms with Gasteiger partial charge in [0, 0.05) is 35.7 Å². The lowest BCUT2D eigenvalue weighted by Gasteiger charge is -2.30. The number of fused-ring (bicyclic) bond motifs is 2. The maximum absolute atomic E-state index is 14.6. The quantitative estimate of drug-likeness (QED) is 0.195. The van der Waals surface area contributed by atoms with Crippen molar-refractivity contribution in [2.45, 2.75) is 47.6 Å². The number of methoxy groups -OCH3 is 2. The van der Waals surface area contributed by atoms with Gasteiger partial charge < -0.3 is 18.9 Å². The maximum atomic E-state index is 14.6. The average Bonchev–Trinajstić information content (AvgIpc) is 3.56. The predicted octanol–water partition coefficient (Wildman–Crippen LogP) is 5.77. The first-order valence-electron chi connectivity index (χ1n) is 16.3. The molecule has 0 spiro atoms. The van der Waals surface area contributed by atoms with E-state index in [2.05, 4.69) is 4.57 Å². The van der Waals surface area contributed by atoms with Gasteiger partial charge in [0.05, 0.1) is 35.6 Å². The van der Waals surface area contributed by atoms with E-state index in [1.54, 1.807) is 22.6 Å². The fraction of sp³-hybridized carbons (Fsp3) is 0.282. The number of aromatic nitrogens is 2. The molecule has 0 saturated heterocycles. The van der Waals surface area contributed by atoms with Crippen molar-refractivity contribution >= 4 is 40.1 Å². The number of aryl methyl sites for hydroxylation is 1. The summed E-state index contributed by atoms with van der Waals surface area (Å²) in [6.45, 7) is 12.7. The van der Waals surface area contributed by atoms with Crippen LogP contribution in [0.5, 0.6) is 5.75 Å². The lowest BCUT2D eigenvalue weighted by atomic mass is 9.90. The van der Waals surface area contributed by atoms with E-state index in [1.165, 1.54) is 18.4 Å². The Balaban J connectivity index is 1.60. The summed E-state index contributed by atoms with van der Waals surface area (Å²) >= 11 is 1.30. The molecule has 1 aliphatic rings. The molecule has 0 saturated carbocycles. The van der Waals surface area contributed by atoms with Gasteiger partial charge in [0.1, 0.15) is 11.8 Å². The number of esters is 1. The molecule has 1 atom stereocenters. The predicted molar refractivity (Wildman–Crippen MR) is 194 cm³/mol. The van der Waals surface area contributed by atoms with Gasteiger partial charge in [-0.3, -0.25) is 14.2 Å². The van der Waals surface area contributed by atoms with E-state index in [9.17, 15) is 14.4 Å². The molecule has 0 radical (unpaired) electrons. The largest absolute Gasteiger partial charge is 0.496 e. The SMILES string of the molecule is CCN(CC)C(=O)C1=C(C)N=c2s/c(=C\c3cc(C)n(-c4cccc(C(=O)OC)c4C)c3C)c(=O)n2[C@@H]1c1c(OC)ccc2ccccc12. The lowest BCUT2D eigenvalue weighted by molar-refractivity contribution is -0.127. The van der Waals surface area contributed by atoms with Crippen molar-refractivity contribution < 1.29 is 19.1 Å². The van der Waals surface area contributed by atoms with Gasteiger partial charge in [-0.1, -0.05) is 47.7 Å². The number of likely N-dealkylation sites (N-methyl/N-ethyl adjacent to an activating group) is 1. The van der Waals surface area contributed by atoms with Gasteiger partial charge in [-0.25, -0.2) is 9.79 Å². The third-order valence-corrected chi connectivity index (χ3v) is 10.4. The highest BCUT2D eigenvalue weighted by atomic mass is 32.1. The molecule has 6 rings (SSSR count). The Labute approximate surface area is 289 Å². The van der Waals surface area contributed by atoms with Crippen molar-refractivity contribution in [2.75, 3.05) is 27.3 Å². The molecule has 1 aliphatic heterocycles. The van der Waals surface area contributed by atoms with Gasteiger partial charge in [0.2, 0.25) is 0 Å². The molecular formula is C39H40N4O5S. The van der Waals surface area contributed by atoms with Gasteiger partial charge in [-0.15, -0.1) is 0 Å². The van der Waals surface area contributed by atoms with Crippen LogP contribution in [-0.2, 0) is 9.53 Å². The van der Waals surface area contributed by atoms with Crippen LogP contribution in [0, 0.1) is 20.8 Å². The van der Waals surface area contributed by atoms with Crippen molar-refractivity contribution in [2.24, 2.45) is 4.99 Å². The minimum absolute atomic E-state index is 0.159. The average molecular weight is 677 g/mol. The number of benzene rings is 3. The first-order chi connectivity index (χ1) is 23.6. The fourth-order valence-electron chi connectivity index (χ4n) is 6.93. The van der Waals surface area contributed by atoms with Crippen molar-refractivity contribution in [1.82, 2.24) is 14.0 Å². The summed E-state index contributed by atoms with van der Waals surface area (Å²) in [6.07, 6.45) is 1.89. The Morgan fingerprint density at radius 3 is 2.41 bits per heavy atom. The number of hydrogen-bond donors (Lipinski definition) is 0. The van der Waals surface area contributed by atoms with E-state index >= 15 is 0 Å². The Bertz CT molecular complexity index is 2360. The number of nitrogens with zero attached hydrogens (tertiary/aromatic N) is 4. The number of carbonyl (C=O) groups excluding carboxylic acids is 2. The number of carbonyl (C=O) groups is 2. The molecule has 0 bridgehead atoms. The molecule has 0 N–H and O–H groups in total. The Kier molecular flexibility index (Phi) is 9.18. The molecule has 0 fully saturated rings. The van der Waals surface area contributed by atoms with E-state index < -0.39 is 12.0 Å². The zero-order chi connectivity index (χ0) is 35.1. The van der Waals surface area contributed by atoms with Gasteiger partial charge in [-0.05, 0) is 93.8 Å². The highest BCUT2D eigenvalue weighted by Gasteiger charge is 2.36. The second kappa shape index (κ2) is 13.4. The van der Waals surface area contributed by atoms with Crippen molar-refractivity contribution in [3.05, 3.63) is 125 Å². The Morgan fingerprint density at radius 2 is 1.71 bits per heavy atom. The van der Waals surface area contributed by atoms with E-state index in [0.29, 0.717) is 45.0 Å². The summed E-state index contributed by atoms with van der Waals surface area (Å²) in [5, 5.41) is 1.87. The van der Waals surface area contributed by atoms with Gasteiger partial charge in [-0.2, -0.15) is 0 Å². The molecule has 0 aliphatic carbocycles. The highest BCUT2D eigenvalue weighted by Crippen LogP contribution is 2.40. The van der Waals surface area contributed by atoms with Crippen LogP contribution in [0.4, 0.5) is 0 Å². The van der Waals surface area contributed by atoms with E-state index in [-0.39, 0.29) is 11.5 Å². The summed E-state index contributed by atoms with van der Waals surface area (Å²) in [5.41, 5.74) is 6.41. The number of ether oxygens (including phenoxy) is 2. The van der Waals surface area contributed by atoms with Crippen LogP contribution in [-0.4, -0.2) is 53.2 Å². The lowest BCUT2D eigenvalue weighted by Crippen LogP contribution is -2.43. The van der Waals surface area contributed by atoms with Crippen molar-refractivity contribution in [1.29, 1.82) is 0 Å². The summed E-state index contributed by atoms with van der Waals surface area (Å²) in [5.74, 6) is 0.0363. The summed E-state index contributed by atoms with van der Waals surface area (Å²) in [7, 11) is 2.98. The second-order valence-corrected chi connectivity index (χ2v) is 13.1. The van der Waals surface area contributed by atoms with Gasteiger partial charge in [0.15, 0.2) is 4.80 Å². The maximum Gasteiger partial charge on any atom is 0.338 e. The normalized spacial score (nSPS) is 14.5. The third-order valence-electron chi connectivity index (χ3n) is 9.44. The third kappa shape index (κ3) is 5.59. The first kappa shape index (κ1) is 33.7. The molecule has 1 amide bonds. The summed E-state index contributed by atoms with van der Waals surface area (Å²) in [4.78, 5) is 48.5. The Hall–Kier alpha value is -5.22. The van der Waals surface area contributed by atoms with Crippen LogP contribution in [0.2, 0.25) is 0 Å². The van der Waals surface area contributed by atoms with E-state index in [1.807, 2.05) is 102 Å². The summed E-state index contributed by atoms with van der Waals surface area (Å²) in [6, 6.07) is 18.7. The molecule has 5 aromatic rings. The molecule has 0 unspecified atom stereocenters. The highest BCUT2D eigenvalue weighted by molar-refractivity contribution is 7.07. The van der Waals surface area contributed by atoms with Crippen LogP contribution < -0.4 is 19.6 Å². The Morgan fingerprint density at radius 1 is 0.980 bits per heavy atom. The first-order valence-corrected chi connectivity index (χ1v) is 17.1. The molecule has 252 valence electrons. The van der Waals surface area contributed by atoms with Crippen LogP contribution in [0.1, 0.15) is 65.2 Å².